The van der Waals surface area contributed by atoms with E-state index >= 15 is 0 Å². The largest absolute Gasteiger partial charge is 0.488 e. The van der Waals surface area contributed by atoms with E-state index in [1.165, 1.54) is 3.57 Å². The Morgan fingerprint density at radius 1 is 0.618 bits per heavy atom. The average molecular weight is 698 g/mol. The molecule has 4 rings (SSSR count). The predicted molar refractivity (Wildman–Crippen MR) is 155 cm³/mol. The van der Waals surface area contributed by atoms with Crippen molar-refractivity contribution in [3.05, 3.63) is 121 Å². The van der Waals surface area contributed by atoms with Crippen LogP contribution in [0.15, 0.2) is 106 Å². The average Bonchev–Trinajstić information content (AvgIpc) is 2.85. The maximum absolute atomic E-state index is 9.05. The smallest absolute Gasteiger partial charge is 0.423 e. The van der Waals surface area contributed by atoms with Gasteiger partial charge in [-0.2, -0.15) is 0 Å². The maximum Gasteiger partial charge on any atom is 0.488 e. The van der Waals surface area contributed by atoms with E-state index in [4.69, 9.17) is 20.3 Å². The third-order valence-corrected chi connectivity index (χ3v) is 6.14. The summed E-state index contributed by atoms with van der Waals surface area (Å²) < 4.78 is 3.47. The van der Waals surface area contributed by atoms with Crippen molar-refractivity contribution in [3.63, 3.8) is 0 Å². The summed E-state index contributed by atoms with van der Waals surface area (Å²) in [5.41, 5.74) is 4.29. The molecule has 8 heteroatoms. The molecule has 0 atom stereocenters. The number of benzene rings is 4. The summed E-state index contributed by atoms with van der Waals surface area (Å²) >= 11 is 9.08. The molecule has 0 radical (unpaired) electrons. The van der Waals surface area contributed by atoms with E-state index in [2.05, 4.69) is 78.7 Å². The zero-order valence-corrected chi connectivity index (χ0v) is 23.5. The van der Waals surface area contributed by atoms with Gasteiger partial charge in [-0.25, -0.2) is 0 Å². The number of aliphatic hydroxyl groups excluding tert-OH is 2. The third-order valence-electron chi connectivity index (χ3n) is 4.49. The number of rotatable bonds is 4. The van der Waals surface area contributed by atoms with Gasteiger partial charge in [-0.1, -0.05) is 92.5 Å². The van der Waals surface area contributed by atoms with Crippen molar-refractivity contribution in [2.24, 2.45) is 0 Å². The van der Waals surface area contributed by atoms with Crippen LogP contribution in [-0.2, 0) is 13.2 Å². The van der Waals surface area contributed by atoms with Crippen LogP contribution in [0.1, 0.15) is 11.1 Å². The molecule has 4 nitrogen and oxygen atoms in total. The van der Waals surface area contributed by atoms with Crippen LogP contribution in [0.3, 0.4) is 0 Å². The number of halogens is 3. The van der Waals surface area contributed by atoms with Gasteiger partial charge in [-0.05, 0) is 86.7 Å². The van der Waals surface area contributed by atoms with Crippen LogP contribution >= 0.6 is 54.5 Å². The fourth-order valence-electron chi connectivity index (χ4n) is 2.83. The lowest BCUT2D eigenvalue weighted by Crippen LogP contribution is -2.29. The van der Waals surface area contributed by atoms with Crippen LogP contribution in [0, 0.1) is 3.57 Å². The van der Waals surface area contributed by atoms with E-state index in [0.29, 0.717) is 11.0 Å². The number of aliphatic hydroxyl groups is 2. The van der Waals surface area contributed by atoms with Gasteiger partial charge in [0.05, 0.1) is 13.2 Å². The SMILES string of the molecule is Brc1cccc(I)c1.OCc1cccc(-c2cccc(Br)c2)c1.OCc1cccc(B(O)O)c1. The van der Waals surface area contributed by atoms with Crippen LogP contribution in [0.2, 0.25) is 0 Å². The minimum atomic E-state index is -1.46. The Kier molecular flexibility index (Phi) is 13.1. The van der Waals surface area contributed by atoms with Crippen molar-refractivity contribution in [2.45, 2.75) is 13.2 Å². The summed E-state index contributed by atoms with van der Waals surface area (Å²) in [5, 5.41) is 35.2. The molecule has 4 aromatic carbocycles. The van der Waals surface area contributed by atoms with Crippen molar-refractivity contribution >= 4 is 67.0 Å². The van der Waals surface area contributed by atoms with Crippen LogP contribution in [-0.4, -0.2) is 27.4 Å². The molecule has 34 heavy (non-hydrogen) atoms. The first-order chi connectivity index (χ1) is 16.3. The lowest BCUT2D eigenvalue weighted by Gasteiger charge is -2.04. The molecule has 0 amide bonds. The molecule has 176 valence electrons. The van der Waals surface area contributed by atoms with Gasteiger partial charge in [0, 0.05) is 12.5 Å². The van der Waals surface area contributed by atoms with Crippen molar-refractivity contribution in [2.75, 3.05) is 0 Å². The van der Waals surface area contributed by atoms with E-state index in [-0.39, 0.29) is 13.2 Å². The van der Waals surface area contributed by atoms with Gasteiger partial charge in [-0.3, -0.25) is 0 Å². The van der Waals surface area contributed by atoms with Crippen LogP contribution < -0.4 is 5.46 Å². The van der Waals surface area contributed by atoms with E-state index in [9.17, 15) is 0 Å². The molecule has 0 aromatic heterocycles. The molecule has 0 aliphatic carbocycles. The molecule has 4 aromatic rings. The summed E-state index contributed by atoms with van der Waals surface area (Å²) in [6.07, 6.45) is 0. The second-order valence-electron chi connectivity index (χ2n) is 7.09. The number of hydrogen-bond acceptors (Lipinski definition) is 4. The monoisotopic (exact) mass is 696 g/mol. The van der Waals surface area contributed by atoms with Crippen LogP contribution in [0.5, 0.6) is 0 Å². The summed E-state index contributed by atoms with van der Waals surface area (Å²) in [6.45, 7) is 0.00238. The van der Waals surface area contributed by atoms with Gasteiger partial charge in [-0.15, -0.1) is 0 Å². The first-order valence-corrected chi connectivity index (χ1v) is 12.9. The van der Waals surface area contributed by atoms with E-state index in [1.54, 1.807) is 24.3 Å². The lowest BCUT2D eigenvalue weighted by molar-refractivity contribution is 0.281. The Balaban J connectivity index is 0.000000190. The van der Waals surface area contributed by atoms with E-state index in [1.807, 2.05) is 48.5 Å². The maximum atomic E-state index is 9.05. The topological polar surface area (TPSA) is 80.9 Å². The Hall–Kier alpha value is -1.53. The first kappa shape index (κ1) is 28.7. The van der Waals surface area contributed by atoms with Gasteiger partial charge in [0.25, 0.3) is 0 Å². The minimum absolute atomic E-state index is 0.0828. The molecule has 0 aliphatic heterocycles. The third kappa shape index (κ3) is 10.4. The van der Waals surface area contributed by atoms with Crippen LogP contribution in [0.4, 0.5) is 0 Å². The molecule has 0 heterocycles. The fourth-order valence-corrected chi connectivity index (χ4v) is 4.60. The molecule has 0 unspecified atom stereocenters. The second-order valence-corrected chi connectivity index (χ2v) is 10.2. The molecular weight excluding hydrogens is 674 g/mol. The zero-order chi connectivity index (χ0) is 24.9. The van der Waals surface area contributed by atoms with Gasteiger partial charge < -0.3 is 20.3 Å². The number of hydrogen-bond donors (Lipinski definition) is 4. The standard InChI is InChI=1S/C13H11BrO.C7H9BO3.C6H4BrI/c14-13-6-2-5-12(8-13)11-4-1-3-10(7-11)9-15;9-5-6-2-1-3-7(4-6)8(10)11;7-5-2-1-3-6(8)4-5/h1-8,15H,9H2;1-4,9-11H,5H2;1-4H. The summed E-state index contributed by atoms with van der Waals surface area (Å²) in [4.78, 5) is 0. The molecule has 4 N–H and O–H groups in total. The molecule has 0 spiro atoms. The van der Waals surface area contributed by atoms with Crippen molar-refractivity contribution < 1.29 is 20.3 Å². The molecule has 0 saturated carbocycles. The highest BCUT2D eigenvalue weighted by Crippen LogP contribution is 2.23. The van der Waals surface area contributed by atoms with Crippen molar-refractivity contribution in [3.8, 4) is 11.1 Å². The van der Waals surface area contributed by atoms with E-state index < -0.39 is 7.12 Å². The molecule has 0 saturated heterocycles. The molecular formula is C26H24BBr2IO4. The van der Waals surface area contributed by atoms with Crippen molar-refractivity contribution in [1.29, 1.82) is 0 Å². The van der Waals surface area contributed by atoms with Gasteiger partial charge in [0.1, 0.15) is 0 Å². The zero-order valence-electron chi connectivity index (χ0n) is 18.2. The lowest BCUT2D eigenvalue weighted by atomic mass is 9.80. The Bertz CT molecular complexity index is 1160. The molecule has 0 fully saturated rings. The Morgan fingerprint density at radius 2 is 1.12 bits per heavy atom. The normalized spacial score (nSPS) is 9.85. The summed E-state index contributed by atoms with van der Waals surface area (Å²) in [7, 11) is -1.46. The quantitative estimate of drug-likeness (QED) is 0.167. The van der Waals surface area contributed by atoms with E-state index in [0.717, 1.165) is 25.6 Å². The fraction of sp³-hybridized carbons (Fsp3) is 0.0769. The van der Waals surface area contributed by atoms with Gasteiger partial charge >= 0.3 is 7.12 Å². The Labute approximate surface area is 230 Å². The highest BCUT2D eigenvalue weighted by atomic mass is 127. The van der Waals surface area contributed by atoms with Gasteiger partial charge in [0.2, 0.25) is 0 Å². The minimum Gasteiger partial charge on any atom is -0.423 e. The Morgan fingerprint density at radius 3 is 1.62 bits per heavy atom. The molecule has 0 aliphatic rings. The summed E-state index contributed by atoms with van der Waals surface area (Å²) in [6, 6.07) is 30.7. The highest BCUT2D eigenvalue weighted by Gasteiger charge is 2.09. The first-order valence-electron chi connectivity index (χ1n) is 10.2. The summed E-state index contributed by atoms with van der Waals surface area (Å²) in [5.74, 6) is 0. The predicted octanol–water partition coefficient (Wildman–Crippen LogP) is 5.52. The highest BCUT2D eigenvalue weighted by molar-refractivity contribution is 14.1. The van der Waals surface area contributed by atoms with Gasteiger partial charge in [0.15, 0.2) is 0 Å². The molecule has 0 bridgehead atoms. The second kappa shape index (κ2) is 15.5. The van der Waals surface area contributed by atoms with Crippen LogP contribution in [0.25, 0.3) is 11.1 Å². The van der Waals surface area contributed by atoms with Crippen molar-refractivity contribution in [1.82, 2.24) is 0 Å².